The molecule has 1 unspecified atom stereocenters. The molecule has 0 saturated heterocycles. The number of thiophene rings is 1. The fourth-order valence-corrected chi connectivity index (χ4v) is 5.11. The third kappa shape index (κ3) is 3.61. The van der Waals surface area contributed by atoms with E-state index >= 15 is 0 Å². The van der Waals surface area contributed by atoms with E-state index in [1.54, 1.807) is 42.1 Å². The van der Waals surface area contributed by atoms with Crippen molar-refractivity contribution in [1.29, 1.82) is 0 Å². The smallest absolute Gasteiger partial charge is 0.158 e. The first kappa shape index (κ1) is 18.9. The second-order valence-electron chi connectivity index (χ2n) is 8.15. The van der Waals surface area contributed by atoms with Gasteiger partial charge in [0.15, 0.2) is 5.82 Å². The lowest BCUT2D eigenvalue weighted by atomic mass is 9.69. The number of anilines is 1. The Balaban J connectivity index is 1.64. The number of aromatic nitrogens is 2. The molecule has 2 heterocycles. The van der Waals surface area contributed by atoms with Crippen LogP contribution in [0.5, 0.6) is 5.75 Å². The highest BCUT2D eigenvalue weighted by Crippen LogP contribution is 2.45. The lowest BCUT2D eigenvalue weighted by Crippen LogP contribution is -2.28. The molecule has 28 heavy (non-hydrogen) atoms. The Bertz CT molecular complexity index is 1020. The van der Waals surface area contributed by atoms with Gasteiger partial charge in [0.05, 0.1) is 11.6 Å². The van der Waals surface area contributed by atoms with Crippen molar-refractivity contribution in [1.82, 2.24) is 9.97 Å². The van der Waals surface area contributed by atoms with Gasteiger partial charge >= 0.3 is 0 Å². The van der Waals surface area contributed by atoms with Crippen LogP contribution < -0.4 is 5.43 Å². The number of phenols is 1. The molecule has 4 rings (SSSR count). The summed E-state index contributed by atoms with van der Waals surface area (Å²) in [5.74, 6) is 1.66. The quantitative estimate of drug-likeness (QED) is 0.450. The monoisotopic (exact) mass is 394 g/mol. The van der Waals surface area contributed by atoms with Crippen LogP contribution in [0.4, 0.5) is 5.82 Å². The molecule has 6 heteroatoms. The predicted octanol–water partition coefficient (Wildman–Crippen LogP) is 5.38. The first-order valence-electron chi connectivity index (χ1n) is 9.81. The number of aryl methyl sites for hydroxylation is 1. The van der Waals surface area contributed by atoms with E-state index in [9.17, 15) is 5.11 Å². The van der Waals surface area contributed by atoms with Gasteiger partial charge in [-0.25, -0.2) is 9.97 Å². The number of nitrogens with zero attached hydrogens (tertiary/aromatic N) is 3. The largest absolute Gasteiger partial charge is 0.508 e. The topological polar surface area (TPSA) is 70.4 Å². The van der Waals surface area contributed by atoms with Crippen molar-refractivity contribution < 1.29 is 5.11 Å². The second kappa shape index (κ2) is 7.51. The number of benzene rings is 1. The van der Waals surface area contributed by atoms with E-state index in [1.165, 1.54) is 23.3 Å². The van der Waals surface area contributed by atoms with Gasteiger partial charge in [-0.2, -0.15) is 5.10 Å². The zero-order valence-corrected chi connectivity index (χ0v) is 17.4. The number of rotatable bonds is 5. The molecule has 1 aliphatic rings. The van der Waals surface area contributed by atoms with Crippen molar-refractivity contribution in [2.45, 2.75) is 46.5 Å². The van der Waals surface area contributed by atoms with Gasteiger partial charge in [-0.05, 0) is 53.9 Å². The first-order chi connectivity index (χ1) is 13.5. The molecule has 0 aliphatic heterocycles. The van der Waals surface area contributed by atoms with E-state index in [0.29, 0.717) is 11.3 Å². The third-order valence-corrected chi connectivity index (χ3v) is 7.31. The summed E-state index contributed by atoms with van der Waals surface area (Å²) in [5, 5.41) is 15.0. The first-order valence-corrected chi connectivity index (χ1v) is 10.6. The summed E-state index contributed by atoms with van der Waals surface area (Å²) in [7, 11) is 0. The van der Waals surface area contributed by atoms with Gasteiger partial charge in [0.25, 0.3) is 0 Å². The number of hydrogen-bond donors (Lipinski definition) is 2. The van der Waals surface area contributed by atoms with Crippen LogP contribution in [-0.2, 0) is 12.8 Å². The second-order valence-corrected chi connectivity index (χ2v) is 9.24. The highest BCUT2D eigenvalue weighted by molar-refractivity contribution is 7.19. The predicted molar refractivity (Wildman–Crippen MR) is 116 cm³/mol. The molecular formula is C22H26N4OS. The normalized spacial score (nSPS) is 17.2. The van der Waals surface area contributed by atoms with Gasteiger partial charge < -0.3 is 5.11 Å². The Labute approximate surface area is 169 Å². The van der Waals surface area contributed by atoms with Gasteiger partial charge in [0.1, 0.15) is 16.9 Å². The maximum Gasteiger partial charge on any atom is 0.158 e. The molecule has 0 fully saturated rings. The van der Waals surface area contributed by atoms with Crippen LogP contribution in [0.15, 0.2) is 35.7 Å². The molecule has 0 radical (unpaired) electrons. The Morgan fingerprint density at radius 2 is 2.21 bits per heavy atom. The molecule has 2 aromatic heterocycles. The molecule has 146 valence electrons. The molecule has 1 atom stereocenters. The average molecular weight is 395 g/mol. The minimum Gasteiger partial charge on any atom is -0.508 e. The number of hydrogen-bond acceptors (Lipinski definition) is 6. The lowest BCUT2D eigenvalue weighted by molar-refractivity contribution is 0.184. The summed E-state index contributed by atoms with van der Waals surface area (Å²) in [6.45, 7) is 7.05. The van der Waals surface area contributed by atoms with Crippen LogP contribution in [0.1, 0.15) is 49.6 Å². The van der Waals surface area contributed by atoms with Crippen LogP contribution >= 0.6 is 11.3 Å². The molecule has 2 N–H and O–H groups in total. The van der Waals surface area contributed by atoms with E-state index in [1.807, 2.05) is 6.07 Å². The summed E-state index contributed by atoms with van der Waals surface area (Å²) in [6.07, 6.45) is 7.92. The molecule has 1 aromatic carbocycles. The number of fused-ring (bicyclic) bond motifs is 3. The number of phenolic OH excluding ortho intramolecular Hbond substituents is 1. The molecule has 0 saturated carbocycles. The minimum atomic E-state index is 0.227. The van der Waals surface area contributed by atoms with E-state index < -0.39 is 0 Å². The van der Waals surface area contributed by atoms with Gasteiger partial charge in [-0.3, -0.25) is 5.43 Å². The van der Waals surface area contributed by atoms with Crippen molar-refractivity contribution in [3.05, 3.63) is 46.6 Å². The van der Waals surface area contributed by atoms with Gasteiger partial charge in [-0.15, -0.1) is 11.3 Å². The summed E-state index contributed by atoms with van der Waals surface area (Å²) in [6, 6.07) is 7.00. The highest BCUT2D eigenvalue weighted by atomic mass is 32.1. The van der Waals surface area contributed by atoms with E-state index in [0.717, 1.165) is 34.4 Å². The fraction of sp³-hybridized carbons (Fsp3) is 0.409. The summed E-state index contributed by atoms with van der Waals surface area (Å²) < 4.78 is 0. The number of aromatic hydroxyl groups is 1. The minimum absolute atomic E-state index is 0.227. The van der Waals surface area contributed by atoms with Crippen LogP contribution in [0, 0.1) is 11.3 Å². The van der Waals surface area contributed by atoms with Crippen molar-refractivity contribution in [2.24, 2.45) is 16.4 Å². The van der Waals surface area contributed by atoms with Crippen LogP contribution in [-0.4, -0.2) is 21.3 Å². The number of hydrazone groups is 1. The van der Waals surface area contributed by atoms with Gasteiger partial charge in [0, 0.05) is 4.88 Å². The third-order valence-electron chi connectivity index (χ3n) is 6.11. The fourth-order valence-electron chi connectivity index (χ4n) is 3.92. The maximum absolute atomic E-state index is 9.58. The summed E-state index contributed by atoms with van der Waals surface area (Å²) in [4.78, 5) is 11.5. The van der Waals surface area contributed by atoms with Crippen molar-refractivity contribution in [3.8, 4) is 5.75 Å². The van der Waals surface area contributed by atoms with Crippen LogP contribution in [0.25, 0.3) is 10.2 Å². The standard InChI is InChI=1S/C22H26N4OS/c1-4-22(2,3)15-8-9-18-17(11-15)19-20(23-13-24-21(19)28-18)26-25-12-14-6-5-7-16(27)10-14/h5-7,10,12-13,15,27H,4,8-9,11H2,1-3H3,(H,23,24,26). The maximum atomic E-state index is 9.58. The van der Waals surface area contributed by atoms with Crippen molar-refractivity contribution in [2.75, 3.05) is 5.43 Å². The molecule has 1 aliphatic carbocycles. The SMILES string of the molecule is CCC(C)(C)C1CCc2sc3ncnc(NN=Cc4cccc(O)c4)c3c2C1. The zero-order valence-electron chi connectivity index (χ0n) is 16.6. The van der Waals surface area contributed by atoms with Gasteiger partial charge in [0.2, 0.25) is 0 Å². The van der Waals surface area contributed by atoms with E-state index in [2.05, 4.69) is 41.3 Å². The molecule has 0 amide bonds. The molecule has 5 nitrogen and oxygen atoms in total. The van der Waals surface area contributed by atoms with Crippen LogP contribution in [0.2, 0.25) is 0 Å². The number of nitrogens with one attached hydrogen (secondary N) is 1. The highest BCUT2D eigenvalue weighted by Gasteiger charge is 2.33. The Hall–Kier alpha value is -2.47. The van der Waals surface area contributed by atoms with Crippen molar-refractivity contribution >= 4 is 33.6 Å². The molecule has 0 spiro atoms. The zero-order chi connectivity index (χ0) is 19.7. The molecular weight excluding hydrogens is 368 g/mol. The summed E-state index contributed by atoms with van der Waals surface area (Å²) >= 11 is 1.79. The molecule has 0 bridgehead atoms. The Morgan fingerprint density at radius 3 is 3.00 bits per heavy atom. The Kier molecular flexibility index (Phi) is 5.06. The van der Waals surface area contributed by atoms with E-state index in [4.69, 9.17) is 0 Å². The van der Waals surface area contributed by atoms with Gasteiger partial charge in [-0.1, -0.05) is 39.3 Å². The van der Waals surface area contributed by atoms with E-state index in [-0.39, 0.29) is 5.75 Å². The van der Waals surface area contributed by atoms with Crippen LogP contribution in [0.3, 0.4) is 0 Å². The Morgan fingerprint density at radius 1 is 1.36 bits per heavy atom. The molecule has 3 aromatic rings. The average Bonchev–Trinajstić information content (AvgIpc) is 3.06. The van der Waals surface area contributed by atoms with Crippen molar-refractivity contribution in [3.63, 3.8) is 0 Å². The lowest BCUT2D eigenvalue weighted by Gasteiger charge is -2.36. The summed E-state index contributed by atoms with van der Waals surface area (Å²) in [5.41, 5.74) is 5.66.